The van der Waals surface area contributed by atoms with Crippen LogP contribution in [0.15, 0.2) is 48.5 Å². The van der Waals surface area contributed by atoms with Gasteiger partial charge in [0.15, 0.2) is 0 Å². The van der Waals surface area contributed by atoms with E-state index in [1.165, 1.54) is 10.1 Å². The van der Waals surface area contributed by atoms with Crippen molar-refractivity contribution in [2.24, 2.45) is 0 Å². The fourth-order valence-electron chi connectivity index (χ4n) is 3.95. The van der Waals surface area contributed by atoms with E-state index in [1.54, 1.807) is 11.5 Å². The molecular formula is C23H30N4O2S2. The zero-order chi connectivity index (χ0) is 21.7. The lowest BCUT2D eigenvalue weighted by atomic mass is 10.1. The average Bonchev–Trinajstić information content (AvgIpc) is 3.21. The smallest absolute Gasteiger partial charge is 0.232 e. The quantitative estimate of drug-likeness (QED) is 0.521. The van der Waals surface area contributed by atoms with Gasteiger partial charge in [-0.2, -0.15) is 4.37 Å². The number of hydrogen-bond donors (Lipinski definition) is 1. The molecule has 166 valence electrons. The first-order valence-corrected chi connectivity index (χ1v) is 13.4. The maximum Gasteiger partial charge on any atom is 0.232 e. The molecule has 1 saturated heterocycles. The van der Waals surface area contributed by atoms with E-state index in [0.29, 0.717) is 12.1 Å². The predicted molar refractivity (Wildman–Crippen MR) is 131 cm³/mol. The van der Waals surface area contributed by atoms with Crippen LogP contribution < -0.4 is 9.62 Å². The predicted octanol–water partition coefficient (Wildman–Crippen LogP) is 4.20. The second kappa shape index (κ2) is 9.97. The van der Waals surface area contributed by atoms with Gasteiger partial charge in [0.25, 0.3) is 0 Å². The van der Waals surface area contributed by atoms with Crippen LogP contribution in [0.4, 0.5) is 11.5 Å². The standard InChI is InChI=1S/C23H30N4O2S2/c1-2-3-18-31(28,29)25-21-10-6-4-8-19(21)12-13-26-14-16-27(17-15-26)23-20-9-5-7-11-22(20)30-24-23/h4-11,25H,2-3,12-18H2,1H3. The summed E-state index contributed by atoms with van der Waals surface area (Å²) in [6.45, 7) is 6.80. The monoisotopic (exact) mass is 458 g/mol. The maximum absolute atomic E-state index is 12.3. The zero-order valence-corrected chi connectivity index (χ0v) is 19.6. The van der Waals surface area contributed by atoms with E-state index < -0.39 is 10.0 Å². The van der Waals surface area contributed by atoms with Gasteiger partial charge in [-0.1, -0.05) is 43.7 Å². The summed E-state index contributed by atoms with van der Waals surface area (Å²) in [7, 11) is -3.29. The molecule has 0 radical (unpaired) electrons. The highest BCUT2D eigenvalue weighted by Gasteiger charge is 2.21. The third kappa shape index (κ3) is 5.56. The van der Waals surface area contributed by atoms with Gasteiger partial charge < -0.3 is 4.90 Å². The molecule has 3 aromatic rings. The summed E-state index contributed by atoms with van der Waals surface area (Å²) < 4.78 is 33.4. The Kier molecular flexibility index (Phi) is 7.09. The van der Waals surface area contributed by atoms with Crippen LogP contribution >= 0.6 is 11.5 Å². The molecule has 1 aliphatic rings. The SMILES string of the molecule is CCCCS(=O)(=O)Nc1ccccc1CCN1CCN(c2nsc3ccccc23)CC1. The number of rotatable bonds is 9. The molecule has 1 aliphatic heterocycles. The number of benzene rings is 2. The minimum Gasteiger partial charge on any atom is -0.353 e. The molecule has 6 nitrogen and oxygen atoms in total. The largest absolute Gasteiger partial charge is 0.353 e. The van der Waals surface area contributed by atoms with Crippen molar-refractivity contribution >= 4 is 43.1 Å². The van der Waals surface area contributed by atoms with Gasteiger partial charge in [-0.05, 0) is 48.1 Å². The number of aromatic nitrogens is 1. The average molecular weight is 459 g/mol. The van der Waals surface area contributed by atoms with Crippen LogP contribution in [-0.4, -0.2) is 56.2 Å². The molecule has 4 rings (SSSR count). The molecule has 0 saturated carbocycles. The Morgan fingerprint density at radius 1 is 1.03 bits per heavy atom. The van der Waals surface area contributed by atoms with Crippen molar-refractivity contribution in [3.8, 4) is 0 Å². The molecule has 0 unspecified atom stereocenters. The van der Waals surface area contributed by atoms with Crippen LogP contribution in [0.5, 0.6) is 0 Å². The molecule has 0 atom stereocenters. The molecule has 1 N–H and O–H groups in total. The molecule has 1 fully saturated rings. The van der Waals surface area contributed by atoms with Crippen molar-refractivity contribution < 1.29 is 8.42 Å². The van der Waals surface area contributed by atoms with E-state index in [4.69, 9.17) is 0 Å². The van der Waals surface area contributed by atoms with Gasteiger partial charge in [0, 0.05) is 38.1 Å². The van der Waals surface area contributed by atoms with Crippen molar-refractivity contribution in [1.29, 1.82) is 0 Å². The van der Waals surface area contributed by atoms with Gasteiger partial charge in [0.2, 0.25) is 10.0 Å². The second-order valence-electron chi connectivity index (χ2n) is 8.01. The number of sulfonamides is 1. The molecule has 8 heteroatoms. The highest BCUT2D eigenvalue weighted by molar-refractivity contribution is 7.92. The van der Waals surface area contributed by atoms with Crippen LogP contribution in [0.1, 0.15) is 25.3 Å². The molecule has 2 aromatic carbocycles. The van der Waals surface area contributed by atoms with E-state index in [0.717, 1.165) is 56.9 Å². The van der Waals surface area contributed by atoms with Gasteiger partial charge in [-0.15, -0.1) is 0 Å². The summed E-state index contributed by atoms with van der Waals surface area (Å²) in [4.78, 5) is 4.83. The van der Waals surface area contributed by atoms with Crippen LogP contribution in [0.25, 0.3) is 10.1 Å². The molecule has 0 bridgehead atoms. The summed E-state index contributed by atoms with van der Waals surface area (Å²) in [5, 5.41) is 1.24. The van der Waals surface area contributed by atoms with Crippen LogP contribution in [0, 0.1) is 0 Å². The van der Waals surface area contributed by atoms with Crippen molar-refractivity contribution in [3.05, 3.63) is 54.1 Å². The summed E-state index contributed by atoms with van der Waals surface area (Å²) in [6, 6.07) is 16.2. The highest BCUT2D eigenvalue weighted by atomic mass is 32.2. The lowest BCUT2D eigenvalue weighted by Crippen LogP contribution is -2.47. The number of para-hydroxylation sites is 1. The molecule has 1 aromatic heterocycles. The number of piperazine rings is 1. The van der Waals surface area contributed by atoms with Crippen molar-refractivity contribution in [2.45, 2.75) is 26.2 Å². The summed E-state index contributed by atoms with van der Waals surface area (Å²) in [6.07, 6.45) is 2.37. The summed E-state index contributed by atoms with van der Waals surface area (Å²) in [5.41, 5.74) is 1.77. The number of anilines is 2. The Hall–Kier alpha value is -2.16. The fourth-order valence-corrected chi connectivity index (χ4v) is 6.05. The normalized spacial score (nSPS) is 15.5. The van der Waals surface area contributed by atoms with E-state index in [1.807, 2.05) is 31.2 Å². The van der Waals surface area contributed by atoms with E-state index in [2.05, 4.69) is 43.2 Å². The Bertz CT molecular complexity index is 1110. The van der Waals surface area contributed by atoms with Crippen LogP contribution in [0.3, 0.4) is 0 Å². The topological polar surface area (TPSA) is 65.5 Å². The minimum absolute atomic E-state index is 0.172. The van der Waals surface area contributed by atoms with Gasteiger partial charge in [-0.3, -0.25) is 9.62 Å². The molecule has 31 heavy (non-hydrogen) atoms. The number of nitrogens with one attached hydrogen (secondary N) is 1. The fraction of sp³-hybridized carbons (Fsp3) is 0.435. The first-order valence-electron chi connectivity index (χ1n) is 11.0. The molecule has 2 heterocycles. The van der Waals surface area contributed by atoms with Crippen LogP contribution in [0.2, 0.25) is 0 Å². The van der Waals surface area contributed by atoms with Gasteiger partial charge in [0.05, 0.1) is 16.1 Å². The Labute approximate surface area is 189 Å². The van der Waals surface area contributed by atoms with Gasteiger partial charge in [0.1, 0.15) is 5.82 Å². The molecule has 0 aliphatic carbocycles. The first-order chi connectivity index (χ1) is 15.1. The highest BCUT2D eigenvalue weighted by Crippen LogP contribution is 2.30. The molecular weight excluding hydrogens is 428 g/mol. The van der Waals surface area contributed by atoms with Gasteiger partial charge >= 0.3 is 0 Å². The third-order valence-corrected chi connectivity index (χ3v) is 7.95. The Morgan fingerprint density at radius 3 is 2.58 bits per heavy atom. The maximum atomic E-state index is 12.3. The van der Waals surface area contributed by atoms with Gasteiger partial charge in [-0.25, -0.2) is 8.42 Å². The molecule has 0 amide bonds. The minimum atomic E-state index is -3.29. The Morgan fingerprint density at radius 2 is 1.77 bits per heavy atom. The third-order valence-electron chi connectivity index (χ3n) is 5.78. The first kappa shape index (κ1) is 22.0. The van der Waals surface area contributed by atoms with Crippen molar-refractivity contribution in [3.63, 3.8) is 0 Å². The summed E-state index contributed by atoms with van der Waals surface area (Å²) in [5.74, 6) is 1.28. The number of nitrogens with zero attached hydrogens (tertiary/aromatic N) is 3. The van der Waals surface area contributed by atoms with E-state index in [-0.39, 0.29) is 5.75 Å². The van der Waals surface area contributed by atoms with E-state index in [9.17, 15) is 8.42 Å². The zero-order valence-electron chi connectivity index (χ0n) is 18.0. The lowest BCUT2D eigenvalue weighted by molar-refractivity contribution is 0.261. The van der Waals surface area contributed by atoms with Crippen LogP contribution in [-0.2, 0) is 16.4 Å². The van der Waals surface area contributed by atoms with Crippen molar-refractivity contribution in [2.75, 3.05) is 48.1 Å². The van der Waals surface area contributed by atoms with Crippen molar-refractivity contribution in [1.82, 2.24) is 9.27 Å². The lowest BCUT2D eigenvalue weighted by Gasteiger charge is -2.35. The number of hydrogen-bond acceptors (Lipinski definition) is 6. The summed E-state index contributed by atoms with van der Waals surface area (Å²) >= 11 is 1.57. The van der Waals surface area contributed by atoms with E-state index >= 15 is 0 Å². The Balaban J connectivity index is 1.33. The number of fused-ring (bicyclic) bond motifs is 1. The molecule has 0 spiro atoms. The second-order valence-corrected chi connectivity index (χ2v) is 10.7. The number of unbranched alkanes of at least 4 members (excludes halogenated alkanes) is 1.